The van der Waals surface area contributed by atoms with Crippen molar-refractivity contribution in [2.75, 3.05) is 6.61 Å². The molecule has 0 saturated carbocycles. The molecule has 3 aromatic heterocycles. The molecule has 0 aliphatic rings. The predicted molar refractivity (Wildman–Crippen MR) is 74.3 cm³/mol. The minimum absolute atomic E-state index is 0.167. The molecule has 0 unspecified atom stereocenters. The molecule has 20 heavy (non-hydrogen) atoms. The lowest BCUT2D eigenvalue weighted by Crippen LogP contribution is -2.00. The van der Waals surface area contributed by atoms with Gasteiger partial charge in [0.2, 0.25) is 5.89 Å². The molecule has 0 aliphatic heterocycles. The Bertz CT molecular complexity index is 660. The van der Waals surface area contributed by atoms with Crippen molar-refractivity contribution in [1.29, 1.82) is 0 Å². The second kappa shape index (κ2) is 5.98. The molecule has 7 heteroatoms. The molecule has 0 aliphatic carbocycles. The number of rotatable bonds is 6. The van der Waals surface area contributed by atoms with E-state index in [1.54, 1.807) is 22.3 Å². The number of nitrogens with zero attached hydrogens (tertiary/aromatic N) is 4. The summed E-state index contributed by atoms with van der Waals surface area (Å²) in [7, 11) is 0. The van der Waals surface area contributed by atoms with Gasteiger partial charge < -0.3 is 9.52 Å². The molecule has 3 rings (SSSR count). The SMILES string of the molecule is OCCCc1cn(Cc2coc(-c3cccs3)n2)nn1. The van der Waals surface area contributed by atoms with E-state index in [4.69, 9.17) is 9.52 Å². The first-order chi connectivity index (χ1) is 9.85. The normalized spacial score (nSPS) is 11.1. The molecule has 1 N–H and O–H groups in total. The van der Waals surface area contributed by atoms with Gasteiger partial charge in [-0.3, -0.25) is 0 Å². The van der Waals surface area contributed by atoms with E-state index < -0.39 is 0 Å². The molecule has 104 valence electrons. The van der Waals surface area contributed by atoms with Gasteiger partial charge in [0.05, 0.1) is 17.1 Å². The first-order valence-electron chi connectivity index (χ1n) is 6.33. The predicted octanol–water partition coefficient (Wildman–Crippen LogP) is 1.97. The Morgan fingerprint density at radius 2 is 2.30 bits per heavy atom. The Labute approximate surface area is 119 Å². The zero-order valence-corrected chi connectivity index (χ0v) is 11.6. The second-order valence-corrected chi connectivity index (χ2v) is 5.30. The van der Waals surface area contributed by atoms with Gasteiger partial charge >= 0.3 is 0 Å². The van der Waals surface area contributed by atoms with Gasteiger partial charge in [-0.05, 0) is 24.3 Å². The van der Waals surface area contributed by atoms with Crippen LogP contribution in [0.4, 0.5) is 0 Å². The fraction of sp³-hybridized carbons (Fsp3) is 0.308. The summed E-state index contributed by atoms with van der Waals surface area (Å²) < 4.78 is 7.18. The monoisotopic (exact) mass is 290 g/mol. The Morgan fingerprint density at radius 1 is 1.35 bits per heavy atom. The van der Waals surface area contributed by atoms with E-state index in [9.17, 15) is 0 Å². The summed E-state index contributed by atoms with van der Waals surface area (Å²) in [5.41, 5.74) is 1.69. The molecular weight excluding hydrogens is 276 g/mol. The molecule has 0 fully saturated rings. The third-order valence-corrected chi connectivity index (χ3v) is 3.64. The van der Waals surface area contributed by atoms with Crippen molar-refractivity contribution in [2.45, 2.75) is 19.4 Å². The van der Waals surface area contributed by atoms with Gasteiger partial charge in [-0.15, -0.1) is 16.4 Å². The van der Waals surface area contributed by atoms with E-state index in [1.807, 2.05) is 23.7 Å². The highest BCUT2D eigenvalue weighted by Gasteiger charge is 2.09. The van der Waals surface area contributed by atoms with Gasteiger partial charge in [0, 0.05) is 12.8 Å². The van der Waals surface area contributed by atoms with Crippen LogP contribution in [0.15, 0.2) is 34.4 Å². The summed E-state index contributed by atoms with van der Waals surface area (Å²) in [5, 5.41) is 18.9. The van der Waals surface area contributed by atoms with E-state index in [-0.39, 0.29) is 6.61 Å². The summed E-state index contributed by atoms with van der Waals surface area (Å²) >= 11 is 1.59. The van der Waals surface area contributed by atoms with Crippen molar-refractivity contribution in [1.82, 2.24) is 20.0 Å². The Balaban J connectivity index is 1.67. The van der Waals surface area contributed by atoms with Crippen molar-refractivity contribution in [3.63, 3.8) is 0 Å². The van der Waals surface area contributed by atoms with E-state index in [1.165, 1.54) is 0 Å². The molecule has 0 spiro atoms. The third-order valence-electron chi connectivity index (χ3n) is 2.78. The van der Waals surface area contributed by atoms with Gasteiger partial charge in [-0.25, -0.2) is 9.67 Å². The molecule has 3 aromatic rings. The van der Waals surface area contributed by atoms with Crippen molar-refractivity contribution < 1.29 is 9.52 Å². The second-order valence-electron chi connectivity index (χ2n) is 4.36. The maximum atomic E-state index is 8.79. The lowest BCUT2D eigenvalue weighted by atomic mass is 10.3. The quantitative estimate of drug-likeness (QED) is 0.751. The summed E-state index contributed by atoms with van der Waals surface area (Å²) in [6, 6.07) is 3.94. The van der Waals surface area contributed by atoms with E-state index in [0.29, 0.717) is 18.9 Å². The van der Waals surface area contributed by atoms with Crippen LogP contribution in [0.3, 0.4) is 0 Å². The third kappa shape index (κ3) is 2.94. The van der Waals surface area contributed by atoms with Crippen LogP contribution in [0.2, 0.25) is 0 Å². The molecule has 0 saturated heterocycles. The molecule has 0 atom stereocenters. The number of oxazole rings is 1. The fourth-order valence-electron chi connectivity index (χ4n) is 1.85. The highest BCUT2D eigenvalue weighted by atomic mass is 32.1. The number of hydrogen-bond donors (Lipinski definition) is 1. The van der Waals surface area contributed by atoms with Crippen LogP contribution in [0, 0.1) is 0 Å². The summed E-state index contributed by atoms with van der Waals surface area (Å²) in [6.07, 6.45) is 4.94. The van der Waals surface area contributed by atoms with Gasteiger partial charge in [-0.2, -0.15) is 0 Å². The first-order valence-corrected chi connectivity index (χ1v) is 7.21. The van der Waals surface area contributed by atoms with Gasteiger partial charge in [0.25, 0.3) is 0 Å². The summed E-state index contributed by atoms with van der Waals surface area (Å²) in [6.45, 7) is 0.696. The maximum absolute atomic E-state index is 8.79. The van der Waals surface area contributed by atoms with Crippen molar-refractivity contribution in [2.24, 2.45) is 0 Å². The molecule has 0 amide bonds. The van der Waals surface area contributed by atoms with Crippen molar-refractivity contribution >= 4 is 11.3 Å². The zero-order chi connectivity index (χ0) is 13.8. The average Bonchev–Trinajstić information content (AvgIpc) is 3.18. The Hall–Kier alpha value is -1.99. The number of thiophene rings is 1. The van der Waals surface area contributed by atoms with Gasteiger partial charge in [-0.1, -0.05) is 11.3 Å². The molecule has 0 bridgehead atoms. The van der Waals surface area contributed by atoms with Crippen molar-refractivity contribution in [3.8, 4) is 10.8 Å². The topological polar surface area (TPSA) is 77.0 Å². The van der Waals surface area contributed by atoms with Crippen molar-refractivity contribution in [3.05, 3.63) is 41.4 Å². The largest absolute Gasteiger partial charge is 0.443 e. The van der Waals surface area contributed by atoms with E-state index in [2.05, 4.69) is 15.3 Å². The molecule has 0 radical (unpaired) electrons. The Kier molecular flexibility index (Phi) is 3.89. The van der Waals surface area contributed by atoms with Gasteiger partial charge in [0.15, 0.2) is 0 Å². The number of aliphatic hydroxyl groups excluding tert-OH is 1. The van der Waals surface area contributed by atoms with Crippen LogP contribution in [0.5, 0.6) is 0 Å². The van der Waals surface area contributed by atoms with Crippen LogP contribution >= 0.6 is 11.3 Å². The Morgan fingerprint density at radius 3 is 3.10 bits per heavy atom. The minimum atomic E-state index is 0.167. The van der Waals surface area contributed by atoms with E-state index in [0.717, 1.165) is 22.7 Å². The molecular formula is C13H14N4O2S. The van der Waals surface area contributed by atoms with Crippen LogP contribution in [-0.4, -0.2) is 31.7 Å². The highest BCUT2D eigenvalue weighted by molar-refractivity contribution is 7.13. The van der Waals surface area contributed by atoms with Crippen LogP contribution in [0.1, 0.15) is 17.8 Å². The van der Waals surface area contributed by atoms with Crippen LogP contribution in [0.25, 0.3) is 10.8 Å². The highest BCUT2D eigenvalue weighted by Crippen LogP contribution is 2.23. The molecule has 6 nitrogen and oxygen atoms in total. The number of aryl methyl sites for hydroxylation is 1. The van der Waals surface area contributed by atoms with E-state index >= 15 is 0 Å². The smallest absolute Gasteiger partial charge is 0.236 e. The summed E-state index contributed by atoms with van der Waals surface area (Å²) in [5.74, 6) is 0.635. The first kappa shape index (κ1) is 13.0. The van der Waals surface area contributed by atoms with Crippen LogP contribution in [-0.2, 0) is 13.0 Å². The van der Waals surface area contributed by atoms with Crippen LogP contribution < -0.4 is 0 Å². The molecule has 0 aromatic carbocycles. The maximum Gasteiger partial charge on any atom is 0.236 e. The number of aliphatic hydroxyl groups is 1. The standard InChI is InChI=1S/C13H14N4O2S/c18-5-1-3-10-7-17(16-15-10)8-11-9-19-13(14-11)12-4-2-6-20-12/h2,4,6-7,9,18H,1,3,5,8H2. The lowest BCUT2D eigenvalue weighted by molar-refractivity contribution is 0.288. The minimum Gasteiger partial charge on any atom is -0.443 e. The zero-order valence-electron chi connectivity index (χ0n) is 10.8. The number of hydrogen-bond acceptors (Lipinski definition) is 6. The fourth-order valence-corrected chi connectivity index (χ4v) is 2.50. The molecule has 3 heterocycles. The number of aromatic nitrogens is 4. The average molecular weight is 290 g/mol. The lowest BCUT2D eigenvalue weighted by Gasteiger charge is -1.94. The van der Waals surface area contributed by atoms with Gasteiger partial charge in [0.1, 0.15) is 12.0 Å². The summed E-state index contributed by atoms with van der Waals surface area (Å²) in [4.78, 5) is 5.45.